The molecule has 1 nitrogen and oxygen atoms in total. The molecule has 1 aromatic carbocycles. The van der Waals surface area contributed by atoms with Crippen LogP contribution in [0.3, 0.4) is 0 Å². The third-order valence-electron chi connectivity index (χ3n) is 1.85. The molecule has 0 aliphatic rings. The van der Waals surface area contributed by atoms with Crippen molar-refractivity contribution in [1.29, 1.82) is 0 Å². The summed E-state index contributed by atoms with van der Waals surface area (Å²) in [6, 6.07) is 7.74. The van der Waals surface area contributed by atoms with E-state index in [2.05, 4.69) is 15.9 Å². The fourth-order valence-corrected chi connectivity index (χ4v) is 1.11. The van der Waals surface area contributed by atoms with Crippen molar-refractivity contribution in [3.8, 4) is 0 Å². The van der Waals surface area contributed by atoms with Crippen molar-refractivity contribution in [3.05, 3.63) is 35.4 Å². The molecule has 1 rings (SSSR count). The number of aryl methyl sites for hydroxylation is 1. The van der Waals surface area contributed by atoms with Gasteiger partial charge in [0.25, 0.3) is 0 Å². The van der Waals surface area contributed by atoms with Crippen LogP contribution in [0.4, 0.5) is 0 Å². The van der Waals surface area contributed by atoms with Gasteiger partial charge in [-0.1, -0.05) is 52.7 Å². The van der Waals surface area contributed by atoms with Crippen molar-refractivity contribution < 1.29 is 4.79 Å². The van der Waals surface area contributed by atoms with E-state index < -0.39 is 0 Å². The van der Waals surface area contributed by atoms with Gasteiger partial charge in [-0.05, 0) is 19.2 Å². The Bertz CT molecular complexity index is 264. The first-order chi connectivity index (χ1) is 6.74. The molecular weight excluding hydrogens is 240 g/mol. The molecule has 0 aliphatic carbocycles. The molecule has 0 saturated carbocycles. The molecule has 0 heterocycles. The first-order valence-corrected chi connectivity index (χ1v) is 6.30. The van der Waals surface area contributed by atoms with Crippen molar-refractivity contribution in [2.24, 2.45) is 0 Å². The van der Waals surface area contributed by atoms with Gasteiger partial charge in [0.15, 0.2) is 5.78 Å². The average Bonchev–Trinajstić information content (AvgIpc) is 2.22. The van der Waals surface area contributed by atoms with Gasteiger partial charge in [-0.3, -0.25) is 4.79 Å². The third-order valence-corrected chi connectivity index (χ3v) is 1.85. The smallest absolute Gasteiger partial charge is 0.162 e. The number of hydrogen-bond acceptors (Lipinski definition) is 1. The molecule has 78 valence electrons. The van der Waals surface area contributed by atoms with E-state index in [1.54, 1.807) is 0 Å². The number of carbonyl (C=O) groups excluding carboxylic acids is 1. The molecule has 0 radical (unpaired) electrons. The predicted molar refractivity (Wildman–Crippen MR) is 65.3 cm³/mol. The van der Waals surface area contributed by atoms with Crippen molar-refractivity contribution in [1.82, 2.24) is 0 Å². The molecule has 0 bridgehead atoms. The minimum Gasteiger partial charge on any atom is -0.294 e. The number of ketones is 1. The van der Waals surface area contributed by atoms with Crippen LogP contribution in [0.5, 0.6) is 0 Å². The number of alkyl halides is 1. The highest BCUT2D eigenvalue weighted by atomic mass is 79.9. The summed E-state index contributed by atoms with van der Waals surface area (Å²) in [6.07, 6.45) is 1.58. The quantitative estimate of drug-likeness (QED) is 0.591. The topological polar surface area (TPSA) is 17.1 Å². The number of carbonyl (C=O) groups is 1. The standard InChI is InChI=1S/C11H14O.CH3Br/c1-3-4-11(12)10-7-5-9(2)6-8-10;1-2/h5-8H,3-4H2,1-2H3;1H3. The lowest BCUT2D eigenvalue weighted by molar-refractivity contribution is 0.0982. The van der Waals surface area contributed by atoms with Crippen molar-refractivity contribution >= 4 is 21.7 Å². The van der Waals surface area contributed by atoms with Crippen LogP contribution in [0.2, 0.25) is 0 Å². The van der Waals surface area contributed by atoms with E-state index in [0.717, 1.165) is 12.0 Å². The van der Waals surface area contributed by atoms with Gasteiger partial charge in [-0.25, -0.2) is 0 Å². The second-order valence-corrected chi connectivity index (χ2v) is 3.04. The molecular formula is C12H17BrO. The van der Waals surface area contributed by atoms with Gasteiger partial charge in [-0.15, -0.1) is 0 Å². The van der Waals surface area contributed by atoms with Crippen LogP contribution in [-0.4, -0.2) is 11.6 Å². The highest BCUT2D eigenvalue weighted by Gasteiger charge is 2.02. The van der Waals surface area contributed by atoms with Crippen LogP contribution >= 0.6 is 15.9 Å². The third kappa shape index (κ3) is 4.56. The highest BCUT2D eigenvalue weighted by Crippen LogP contribution is 2.06. The SMILES string of the molecule is CBr.CCCC(=O)c1ccc(C)cc1. The Morgan fingerprint density at radius 1 is 1.21 bits per heavy atom. The molecule has 0 spiro atoms. The zero-order chi connectivity index (χ0) is 11.0. The molecule has 0 atom stereocenters. The summed E-state index contributed by atoms with van der Waals surface area (Å²) in [7, 11) is 0. The summed E-state index contributed by atoms with van der Waals surface area (Å²) in [5.74, 6) is 2.06. The average molecular weight is 257 g/mol. The lowest BCUT2D eigenvalue weighted by Gasteiger charge is -1.98. The molecule has 1 aromatic rings. The van der Waals surface area contributed by atoms with Crippen LogP contribution < -0.4 is 0 Å². The summed E-state index contributed by atoms with van der Waals surface area (Å²) in [5.41, 5.74) is 2.03. The molecule has 0 aromatic heterocycles. The maximum absolute atomic E-state index is 11.4. The van der Waals surface area contributed by atoms with Gasteiger partial charge in [0.05, 0.1) is 0 Å². The molecule has 0 amide bonds. The van der Waals surface area contributed by atoms with Gasteiger partial charge in [-0.2, -0.15) is 0 Å². The van der Waals surface area contributed by atoms with E-state index in [9.17, 15) is 4.79 Å². The van der Waals surface area contributed by atoms with Crippen molar-refractivity contribution in [2.45, 2.75) is 26.7 Å². The molecule has 0 unspecified atom stereocenters. The second kappa shape index (κ2) is 7.74. The first-order valence-electron chi connectivity index (χ1n) is 4.71. The number of halogens is 1. The second-order valence-electron chi connectivity index (χ2n) is 3.04. The Labute approximate surface area is 94.7 Å². The van der Waals surface area contributed by atoms with Crippen LogP contribution in [0.1, 0.15) is 35.7 Å². The fraction of sp³-hybridized carbons (Fsp3) is 0.417. The first kappa shape index (κ1) is 13.4. The van der Waals surface area contributed by atoms with Gasteiger partial charge >= 0.3 is 0 Å². The lowest BCUT2D eigenvalue weighted by atomic mass is 10.1. The number of Topliss-reactive ketones (excluding diaryl/α,β-unsaturated/α-hetero) is 1. The normalized spacial score (nSPS) is 8.86. The maximum Gasteiger partial charge on any atom is 0.162 e. The molecule has 0 saturated heterocycles. The molecule has 2 heteroatoms. The van der Waals surface area contributed by atoms with E-state index in [1.165, 1.54) is 5.56 Å². The van der Waals surface area contributed by atoms with Crippen LogP contribution in [0.15, 0.2) is 24.3 Å². The van der Waals surface area contributed by atoms with E-state index in [-0.39, 0.29) is 5.78 Å². The summed E-state index contributed by atoms with van der Waals surface area (Å²) >= 11 is 2.94. The van der Waals surface area contributed by atoms with E-state index in [4.69, 9.17) is 0 Å². The van der Waals surface area contributed by atoms with Gasteiger partial charge in [0.2, 0.25) is 0 Å². The summed E-state index contributed by atoms with van der Waals surface area (Å²) in [5, 5.41) is 0. The molecule has 0 fully saturated rings. The zero-order valence-electron chi connectivity index (χ0n) is 9.01. The Hall–Kier alpha value is -0.630. The Morgan fingerprint density at radius 3 is 2.14 bits per heavy atom. The number of rotatable bonds is 3. The Balaban J connectivity index is 0.000000791. The minimum atomic E-state index is 0.248. The van der Waals surface area contributed by atoms with Crippen LogP contribution in [-0.2, 0) is 0 Å². The molecule has 14 heavy (non-hydrogen) atoms. The van der Waals surface area contributed by atoms with Gasteiger partial charge in [0.1, 0.15) is 0 Å². The fourth-order valence-electron chi connectivity index (χ4n) is 1.11. The van der Waals surface area contributed by atoms with Gasteiger partial charge in [0, 0.05) is 12.0 Å². The lowest BCUT2D eigenvalue weighted by Crippen LogP contribution is -1.97. The van der Waals surface area contributed by atoms with Crippen molar-refractivity contribution in [2.75, 3.05) is 5.83 Å². The molecule has 0 N–H and O–H groups in total. The number of hydrogen-bond donors (Lipinski definition) is 0. The molecule has 0 aliphatic heterocycles. The number of benzene rings is 1. The van der Waals surface area contributed by atoms with Crippen LogP contribution in [0, 0.1) is 6.92 Å². The van der Waals surface area contributed by atoms with Crippen LogP contribution in [0.25, 0.3) is 0 Å². The summed E-state index contributed by atoms with van der Waals surface area (Å²) in [4.78, 5) is 11.4. The van der Waals surface area contributed by atoms with E-state index in [0.29, 0.717) is 6.42 Å². The van der Waals surface area contributed by atoms with Gasteiger partial charge < -0.3 is 0 Å². The minimum absolute atomic E-state index is 0.248. The highest BCUT2D eigenvalue weighted by molar-refractivity contribution is 9.08. The monoisotopic (exact) mass is 256 g/mol. The Kier molecular flexibility index (Phi) is 7.40. The van der Waals surface area contributed by atoms with E-state index >= 15 is 0 Å². The summed E-state index contributed by atoms with van der Waals surface area (Å²) < 4.78 is 0. The predicted octanol–water partition coefficient (Wildman–Crippen LogP) is 3.99. The summed E-state index contributed by atoms with van der Waals surface area (Å²) in [6.45, 7) is 4.04. The maximum atomic E-state index is 11.4. The van der Waals surface area contributed by atoms with E-state index in [1.807, 2.05) is 43.9 Å². The zero-order valence-corrected chi connectivity index (χ0v) is 10.6. The Morgan fingerprint density at radius 2 is 1.71 bits per heavy atom. The largest absolute Gasteiger partial charge is 0.294 e. The van der Waals surface area contributed by atoms with Crippen molar-refractivity contribution in [3.63, 3.8) is 0 Å².